The second-order valence-electron chi connectivity index (χ2n) is 5.25. The number of benzene rings is 1. The third kappa shape index (κ3) is 2.49. The molecule has 0 atom stereocenters. The Bertz CT molecular complexity index is 581. The molecular formula is C15H20N2O2. The number of rotatable bonds is 4. The zero-order chi connectivity index (χ0) is 14.0. The first-order valence-corrected chi connectivity index (χ1v) is 6.27. The van der Waals surface area contributed by atoms with Crippen LogP contribution in [0.3, 0.4) is 0 Å². The second-order valence-corrected chi connectivity index (χ2v) is 5.25. The quantitative estimate of drug-likeness (QED) is 0.917. The highest BCUT2D eigenvalue weighted by Gasteiger charge is 2.25. The fourth-order valence-corrected chi connectivity index (χ4v) is 1.92. The standard InChI is InChI=1S/C15H20N2O2/c1-15(2,10-18)17(3)14-13-9-12(19-4)6-5-11(13)7-8-16-14/h5-9,18H,10H2,1-4H3. The molecule has 0 aliphatic rings. The zero-order valence-electron chi connectivity index (χ0n) is 11.8. The Morgan fingerprint density at radius 1 is 1.32 bits per heavy atom. The van der Waals surface area contributed by atoms with Crippen molar-refractivity contribution in [3.05, 3.63) is 30.5 Å². The number of fused-ring (bicyclic) bond motifs is 1. The lowest BCUT2D eigenvalue weighted by Crippen LogP contribution is -2.44. The van der Waals surface area contributed by atoms with Crippen molar-refractivity contribution in [1.29, 1.82) is 0 Å². The van der Waals surface area contributed by atoms with Gasteiger partial charge in [-0.3, -0.25) is 0 Å². The van der Waals surface area contributed by atoms with Gasteiger partial charge in [-0.15, -0.1) is 0 Å². The summed E-state index contributed by atoms with van der Waals surface area (Å²) >= 11 is 0. The number of aromatic nitrogens is 1. The molecule has 4 nitrogen and oxygen atoms in total. The Morgan fingerprint density at radius 2 is 2.05 bits per heavy atom. The van der Waals surface area contributed by atoms with Gasteiger partial charge in [0, 0.05) is 18.6 Å². The highest BCUT2D eigenvalue weighted by atomic mass is 16.5. The largest absolute Gasteiger partial charge is 0.497 e. The maximum Gasteiger partial charge on any atom is 0.136 e. The lowest BCUT2D eigenvalue weighted by Gasteiger charge is -2.35. The number of methoxy groups -OCH3 is 1. The number of hydrogen-bond donors (Lipinski definition) is 1. The fraction of sp³-hybridized carbons (Fsp3) is 0.400. The van der Waals surface area contributed by atoms with Crippen molar-refractivity contribution in [2.45, 2.75) is 19.4 Å². The van der Waals surface area contributed by atoms with Crippen LogP contribution in [0.15, 0.2) is 30.5 Å². The third-order valence-corrected chi connectivity index (χ3v) is 3.56. The molecule has 2 rings (SSSR count). The molecular weight excluding hydrogens is 240 g/mol. The van der Waals surface area contributed by atoms with Crippen LogP contribution in [0, 0.1) is 0 Å². The minimum Gasteiger partial charge on any atom is -0.497 e. The Labute approximate surface area is 113 Å². The molecule has 1 N–H and O–H groups in total. The maximum absolute atomic E-state index is 9.50. The fourth-order valence-electron chi connectivity index (χ4n) is 1.92. The van der Waals surface area contributed by atoms with Crippen molar-refractivity contribution in [3.63, 3.8) is 0 Å². The van der Waals surface area contributed by atoms with E-state index < -0.39 is 0 Å². The summed E-state index contributed by atoms with van der Waals surface area (Å²) in [4.78, 5) is 6.45. The van der Waals surface area contributed by atoms with Crippen molar-refractivity contribution < 1.29 is 9.84 Å². The van der Waals surface area contributed by atoms with Crippen LogP contribution in [0.2, 0.25) is 0 Å². The molecule has 0 bridgehead atoms. The minimum absolute atomic E-state index is 0.0610. The summed E-state index contributed by atoms with van der Waals surface area (Å²) in [6.07, 6.45) is 1.79. The van der Waals surface area contributed by atoms with Gasteiger partial charge in [0.1, 0.15) is 11.6 Å². The van der Waals surface area contributed by atoms with Gasteiger partial charge in [0.25, 0.3) is 0 Å². The molecule has 0 radical (unpaired) electrons. The maximum atomic E-state index is 9.50. The molecule has 1 heterocycles. The lowest BCUT2D eigenvalue weighted by atomic mass is 10.0. The topological polar surface area (TPSA) is 45.6 Å². The van der Waals surface area contributed by atoms with E-state index in [1.807, 2.05) is 50.1 Å². The molecule has 0 unspecified atom stereocenters. The molecule has 0 aliphatic carbocycles. The van der Waals surface area contributed by atoms with E-state index in [1.54, 1.807) is 13.3 Å². The van der Waals surface area contributed by atoms with Crippen molar-refractivity contribution in [3.8, 4) is 5.75 Å². The molecule has 0 spiro atoms. The van der Waals surface area contributed by atoms with E-state index in [4.69, 9.17) is 4.74 Å². The van der Waals surface area contributed by atoms with Crippen molar-refractivity contribution in [2.75, 3.05) is 25.7 Å². The zero-order valence-corrected chi connectivity index (χ0v) is 11.8. The number of likely N-dealkylation sites (N-methyl/N-ethyl adjacent to an activating group) is 1. The van der Waals surface area contributed by atoms with Gasteiger partial charge in [0.15, 0.2) is 0 Å². The molecule has 0 saturated carbocycles. The van der Waals surface area contributed by atoms with Gasteiger partial charge in [-0.25, -0.2) is 4.98 Å². The summed E-state index contributed by atoms with van der Waals surface area (Å²) in [5, 5.41) is 11.6. The van der Waals surface area contributed by atoms with Gasteiger partial charge >= 0.3 is 0 Å². The molecule has 19 heavy (non-hydrogen) atoms. The minimum atomic E-state index is -0.371. The molecule has 1 aromatic heterocycles. The van der Waals surface area contributed by atoms with Gasteiger partial charge in [0.2, 0.25) is 0 Å². The van der Waals surface area contributed by atoms with E-state index in [0.29, 0.717) is 0 Å². The molecule has 2 aromatic rings. The van der Waals surface area contributed by atoms with Crippen LogP contribution >= 0.6 is 0 Å². The normalized spacial score (nSPS) is 11.6. The van der Waals surface area contributed by atoms with E-state index in [0.717, 1.165) is 22.3 Å². The Balaban J connectivity index is 2.59. The Hall–Kier alpha value is -1.81. The lowest BCUT2D eigenvalue weighted by molar-refractivity contribution is 0.216. The van der Waals surface area contributed by atoms with Gasteiger partial charge < -0.3 is 14.7 Å². The summed E-state index contributed by atoms with van der Waals surface area (Å²) < 4.78 is 5.27. The molecule has 0 saturated heterocycles. The predicted octanol–water partition coefficient (Wildman–Crippen LogP) is 2.45. The molecule has 4 heteroatoms. The number of ether oxygens (including phenoxy) is 1. The van der Waals surface area contributed by atoms with Crippen LogP contribution in [0.25, 0.3) is 10.8 Å². The van der Waals surface area contributed by atoms with Crippen LogP contribution < -0.4 is 9.64 Å². The second kappa shape index (κ2) is 5.05. The summed E-state index contributed by atoms with van der Waals surface area (Å²) in [6.45, 7) is 4.02. The van der Waals surface area contributed by atoms with Crippen molar-refractivity contribution in [2.24, 2.45) is 0 Å². The number of hydrogen-bond acceptors (Lipinski definition) is 4. The summed E-state index contributed by atoms with van der Waals surface area (Å²) in [5.74, 6) is 1.65. The first-order valence-electron chi connectivity index (χ1n) is 6.27. The number of pyridine rings is 1. The van der Waals surface area contributed by atoms with E-state index in [-0.39, 0.29) is 12.1 Å². The van der Waals surface area contributed by atoms with Crippen LogP contribution in [0.1, 0.15) is 13.8 Å². The highest BCUT2D eigenvalue weighted by Crippen LogP contribution is 2.30. The highest BCUT2D eigenvalue weighted by molar-refractivity contribution is 5.93. The van der Waals surface area contributed by atoms with Gasteiger partial charge in [-0.05, 0) is 37.4 Å². The van der Waals surface area contributed by atoms with E-state index in [2.05, 4.69) is 4.98 Å². The number of aliphatic hydroxyl groups excluding tert-OH is 1. The van der Waals surface area contributed by atoms with Gasteiger partial charge in [-0.2, -0.15) is 0 Å². The van der Waals surface area contributed by atoms with Gasteiger partial charge in [-0.1, -0.05) is 6.07 Å². The first-order chi connectivity index (χ1) is 8.99. The van der Waals surface area contributed by atoms with Crippen molar-refractivity contribution >= 4 is 16.6 Å². The molecule has 0 amide bonds. The Kier molecular flexibility index (Phi) is 3.62. The van der Waals surface area contributed by atoms with E-state index in [1.165, 1.54) is 0 Å². The molecule has 1 aromatic carbocycles. The third-order valence-electron chi connectivity index (χ3n) is 3.56. The first kappa shape index (κ1) is 13.6. The molecule has 102 valence electrons. The van der Waals surface area contributed by atoms with Crippen LogP contribution in [0.4, 0.5) is 5.82 Å². The predicted molar refractivity (Wildman–Crippen MR) is 77.9 cm³/mol. The molecule has 0 fully saturated rings. The number of aliphatic hydroxyl groups is 1. The average Bonchev–Trinajstić information content (AvgIpc) is 2.45. The SMILES string of the molecule is COc1ccc2ccnc(N(C)C(C)(C)CO)c2c1. The van der Waals surface area contributed by atoms with Crippen LogP contribution in [0.5, 0.6) is 5.75 Å². The van der Waals surface area contributed by atoms with E-state index in [9.17, 15) is 5.11 Å². The molecule has 0 aliphatic heterocycles. The Morgan fingerprint density at radius 3 is 2.68 bits per heavy atom. The summed E-state index contributed by atoms with van der Waals surface area (Å²) in [6, 6.07) is 7.89. The van der Waals surface area contributed by atoms with Crippen LogP contribution in [-0.2, 0) is 0 Å². The monoisotopic (exact) mass is 260 g/mol. The number of nitrogens with zero attached hydrogens (tertiary/aromatic N) is 2. The van der Waals surface area contributed by atoms with E-state index >= 15 is 0 Å². The van der Waals surface area contributed by atoms with Crippen LogP contribution in [-0.4, -0.2) is 36.4 Å². The van der Waals surface area contributed by atoms with Crippen molar-refractivity contribution in [1.82, 2.24) is 4.98 Å². The average molecular weight is 260 g/mol. The summed E-state index contributed by atoms with van der Waals surface area (Å²) in [7, 11) is 3.59. The summed E-state index contributed by atoms with van der Waals surface area (Å²) in [5.41, 5.74) is -0.371. The number of anilines is 1. The van der Waals surface area contributed by atoms with Gasteiger partial charge in [0.05, 0.1) is 19.3 Å². The smallest absolute Gasteiger partial charge is 0.136 e.